The molecule has 4 aromatic carbocycles. The number of halogens is 2. The fraction of sp³-hybridized carbons (Fsp3) is 0.257. The van der Waals surface area contributed by atoms with Gasteiger partial charge in [0.25, 0.3) is 10.0 Å². The highest BCUT2D eigenvalue weighted by molar-refractivity contribution is 7.98. The predicted molar refractivity (Wildman–Crippen MR) is 190 cm³/mol. The van der Waals surface area contributed by atoms with Crippen molar-refractivity contribution < 1.29 is 22.7 Å². The molecule has 248 valence electrons. The molecule has 1 N–H and O–H groups in total. The van der Waals surface area contributed by atoms with Gasteiger partial charge in [-0.2, -0.15) is 0 Å². The van der Waals surface area contributed by atoms with Gasteiger partial charge in [-0.05, 0) is 86.3 Å². The van der Waals surface area contributed by atoms with Crippen LogP contribution in [-0.4, -0.2) is 57.1 Å². The van der Waals surface area contributed by atoms with Crippen LogP contribution in [0.2, 0.25) is 10.0 Å². The summed E-state index contributed by atoms with van der Waals surface area (Å²) in [5.74, 6) is -0.458. The molecule has 0 aliphatic rings. The van der Waals surface area contributed by atoms with Crippen molar-refractivity contribution in [1.82, 2.24) is 10.2 Å². The number of sulfonamides is 1. The third kappa shape index (κ3) is 9.22. The van der Waals surface area contributed by atoms with Gasteiger partial charge in [0.1, 0.15) is 18.3 Å². The number of anilines is 1. The lowest BCUT2D eigenvalue weighted by molar-refractivity contribution is -0.140. The Morgan fingerprint density at radius 1 is 0.872 bits per heavy atom. The maximum absolute atomic E-state index is 14.6. The van der Waals surface area contributed by atoms with Crippen LogP contribution in [0.5, 0.6) is 5.75 Å². The molecule has 0 heterocycles. The SMILES string of the molecule is CCNC(=O)[C@H](Cc1ccccc1)N(Cc1c(Cl)cccc1Cl)C(=O)CN(c1ccc(OCC)cc1)S(=O)(=O)c1ccc(SC)cc1. The standard InChI is InChI=1S/C35H37Cl2N3O5S2/c1-4-38-35(42)33(22-25-10-7-6-8-11-25)39(23-30-31(36)12-9-13-32(30)37)34(41)24-40(26-14-16-27(17-15-26)45-5-2)47(43,44)29-20-18-28(46-3)19-21-29/h6-21,33H,4-5,22-24H2,1-3H3,(H,38,42)/t33-/m0/s1. The van der Waals surface area contributed by atoms with Crippen molar-refractivity contribution in [2.24, 2.45) is 0 Å². The second-order valence-electron chi connectivity index (χ2n) is 10.4. The van der Waals surface area contributed by atoms with Gasteiger partial charge in [-0.1, -0.05) is 59.6 Å². The molecule has 0 aliphatic carbocycles. The Kier molecular flexibility index (Phi) is 13.0. The lowest BCUT2D eigenvalue weighted by Gasteiger charge is -2.34. The molecule has 0 saturated heterocycles. The zero-order chi connectivity index (χ0) is 34.0. The fourth-order valence-corrected chi connectivity index (χ4v) is 7.32. The zero-order valence-electron chi connectivity index (χ0n) is 26.4. The summed E-state index contributed by atoms with van der Waals surface area (Å²) in [7, 11) is -4.25. The monoisotopic (exact) mass is 713 g/mol. The summed E-state index contributed by atoms with van der Waals surface area (Å²) in [6.45, 7) is 3.67. The van der Waals surface area contributed by atoms with Gasteiger partial charge in [-0.25, -0.2) is 8.42 Å². The quantitative estimate of drug-likeness (QED) is 0.132. The van der Waals surface area contributed by atoms with E-state index in [1.54, 1.807) is 61.5 Å². The van der Waals surface area contributed by atoms with E-state index in [0.29, 0.717) is 34.5 Å². The fourth-order valence-electron chi connectivity index (χ4n) is 4.98. The van der Waals surface area contributed by atoms with E-state index in [0.717, 1.165) is 14.8 Å². The van der Waals surface area contributed by atoms with E-state index < -0.39 is 34.4 Å². The summed E-state index contributed by atoms with van der Waals surface area (Å²) in [5.41, 5.74) is 1.51. The first-order valence-corrected chi connectivity index (χ1v) is 18.4. The van der Waals surface area contributed by atoms with Crippen molar-refractivity contribution in [3.63, 3.8) is 0 Å². The van der Waals surface area contributed by atoms with E-state index in [1.165, 1.54) is 28.8 Å². The van der Waals surface area contributed by atoms with Crippen molar-refractivity contribution in [3.05, 3.63) is 118 Å². The van der Waals surface area contributed by atoms with Crippen LogP contribution in [0.1, 0.15) is 25.0 Å². The molecule has 0 bridgehead atoms. The maximum Gasteiger partial charge on any atom is 0.264 e. The molecule has 1 atom stereocenters. The Balaban J connectivity index is 1.82. The Morgan fingerprint density at radius 3 is 2.09 bits per heavy atom. The van der Waals surface area contributed by atoms with Gasteiger partial charge in [0, 0.05) is 40.0 Å². The second kappa shape index (κ2) is 16.9. The molecule has 0 saturated carbocycles. The van der Waals surface area contributed by atoms with Crippen LogP contribution in [0, 0.1) is 0 Å². The van der Waals surface area contributed by atoms with E-state index >= 15 is 0 Å². The van der Waals surface area contributed by atoms with Crippen molar-refractivity contribution in [3.8, 4) is 5.75 Å². The molecule has 0 fully saturated rings. The van der Waals surface area contributed by atoms with Crippen LogP contribution < -0.4 is 14.4 Å². The normalized spacial score (nSPS) is 11.9. The largest absolute Gasteiger partial charge is 0.494 e. The second-order valence-corrected chi connectivity index (χ2v) is 14.0. The highest BCUT2D eigenvalue weighted by Crippen LogP contribution is 2.30. The number of carbonyl (C=O) groups excluding carboxylic acids is 2. The molecule has 0 radical (unpaired) electrons. The Hall–Kier alpha value is -3.70. The van der Waals surface area contributed by atoms with E-state index in [2.05, 4.69) is 5.32 Å². The van der Waals surface area contributed by atoms with Gasteiger partial charge < -0.3 is 15.0 Å². The molecular weight excluding hydrogens is 677 g/mol. The molecule has 12 heteroatoms. The predicted octanol–water partition coefficient (Wildman–Crippen LogP) is 7.09. The van der Waals surface area contributed by atoms with Crippen molar-refractivity contribution >= 4 is 62.5 Å². The zero-order valence-corrected chi connectivity index (χ0v) is 29.5. The van der Waals surface area contributed by atoms with Crippen LogP contribution in [0.4, 0.5) is 5.69 Å². The molecule has 4 aromatic rings. The molecule has 0 aromatic heterocycles. The molecule has 2 amide bonds. The molecule has 8 nitrogen and oxygen atoms in total. The smallest absolute Gasteiger partial charge is 0.264 e. The summed E-state index contributed by atoms with van der Waals surface area (Å²) in [6, 6.07) is 26.2. The summed E-state index contributed by atoms with van der Waals surface area (Å²) < 4.78 is 35.1. The summed E-state index contributed by atoms with van der Waals surface area (Å²) in [6.07, 6.45) is 2.07. The molecule has 0 spiro atoms. The van der Waals surface area contributed by atoms with Gasteiger partial charge in [0.2, 0.25) is 11.8 Å². The van der Waals surface area contributed by atoms with Crippen LogP contribution in [0.3, 0.4) is 0 Å². The third-order valence-corrected chi connectivity index (χ3v) is 10.6. The molecule has 47 heavy (non-hydrogen) atoms. The van der Waals surface area contributed by atoms with Crippen LogP contribution in [0.25, 0.3) is 0 Å². The van der Waals surface area contributed by atoms with Crippen LogP contribution in [-0.2, 0) is 32.6 Å². The van der Waals surface area contributed by atoms with Crippen molar-refractivity contribution in [2.75, 3.05) is 30.3 Å². The third-order valence-electron chi connectivity index (χ3n) is 7.37. The first-order chi connectivity index (χ1) is 22.6. The lowest BCUT2D eigenvalue weighted by atomic mass is 10.0. The number of nitrogens with zero attached hydrogens (tertiary/aromatic N) is 2. The molecule has 0 aliphatic heterocycles. The van der Waals surface area contributed by atoms with Gasteiger partial charge in [0.15, 0.2) is 0 Å². The minimum Gasteiger partial charge on any atom is -0.494 e. The highest BCUT2D eigenvalue weighted by atomic mass is 35.5. The number of rotatable bonds is 15. The number of hydrogen-bond donors (Lipinski definition) is 1. The van der Waals surface area contributed by atoms with Crippen LogP contribution >= 0.6 is 35.0 Å². The summed E-state index contributed by atoms with van der Waals surface area (Å²) in [5, 5.41) is 3.47. The minimum atomic E-state index is -4.25. The number of likely N-dealkylation sites (N-methyl/N-ethyl adjacent to an activating group) is 1. The van der Waals surface area contributed by atoms with E-state index in [9.17, 15) is 18.0 Å². The summed E-state index contributed by atoms with van der Waals surface area (Å²) >= 11 is 14.6. The van der Waals surface area contributed by atoms with E-state index in [4.69, 9.17) is 27.9 Å². The van der Waals surface area contributed by atoms with Gasteiger partial charge in [0.05, 0.1) is 17.2 Å². The Morgan fingerprint density at radius 2 is 1.51 bits per heavy atom. The van der Waals surface area contributed by atoms with E-state index in [1.807, 2.05) is 43.5 Å². The average molecular weight is 715 g/mol. The van der Waals surface area contributed by atoms with Gasteiger partial charge >= 0.3 is 0 Å². The first-order valence-electron chi connectivity index (χ1n) is 15.0. The van der Waals surface area contributed by atoms with Gasteiger partial charge in [-0.15, -0.1) is 11.8 Å². The molecule has 0 unspecified atom stereocenters. The number of carbonyl (C=O) groups is 2. The number of benzene rings is 4. The minimum absolute atomic E-state index is 0.0160. The Bertz CT molecular complexity index is 1740. The topological polar surface area (TPSA) is 96.0 Å². The van der Waals surface area contributed by atoms with Crippen molar-refractivity contribution in [1.29, 1.82) is 0 Å². The first kappa shape index (κ1) is 36.1. The lowest BCUT2D eigenvalue weighted by Crippen LogP contribution is -2.53. The highest BCUT2D eigenvalue weighted by Gasteiger charge is 2.35. The molecular formula is C35H37Cl2N3O5S2. The molecule has 4 rings (SSSR count). The number of thioether (sulfide) groups is 1. The van der Waals surface area contributed by atoms with Crippen molar-refractivity contribution in [2.45, 2.75) is 42.6 Å². The Labute approximate surface area is 291 Å². The number of hydrogen-bond acceptors (Lipinski definition) is 6. The number of ether oxygens (including phenoxy) is 1. The summed E-state index contributed by atoms with van der Waals surface area (Å²) in [4.78, 5) is 30.5. The van der Waals surface area contributed by atoms with Crippen LogP contribution in [0.15, 0.2) is 107 Å². The van der Waals surface area contributed by atoms with E-state index in [-0.39, 0.29) is 23.5 Å². The maximum atomic E-state index is 14.6. The number of amides is 2. The number of nitrogens with one attached hydrogen (secondary N) is 1. The average Bonchev–Trinajstić information content (AvgIpc) is 3.07. The van der Waals surface area contributed by atoms with Gasteiger partial charge in [-0.3, -0.25) is 13.9 Å².